The first kappa shape index (κ1) is 25.6. The molecule has 33 heavy (non-hydrogen) atoms. The average Bonchev–Trinajstić information content (AvgIpc) is 2.84. The molecule has 3 aromatic carbocycles. The minimum atomic E-state index is -4.52. The number of hydrogen-bond acceptors (Lipinski definition) is 6. The number of ether oxygens (including phenoxy) is 1. The van der Waals surface area contributed by atoms with Crippen molar-refractivity contribution in [2.24, 2.45) is 0 Å². The minimum Gasteiger partial charge on any atom is -0.465 e. The number of benzene rings is 3. The van der Waals surface area contributed by atoms with Crippen molar-refractivity contribution >= 4 is 35.0 Å². The van der Waals surface area contributed by atoms with Gasteiger partial charge < -0.3 is 14.8 Å². The molecule has 0 fully saturated rings. The Morgan fingerprint density at radius 1 is 1.00 bits per heavy atom. The third kappa shape index (κ3) is 6.92. The number of anilines is 3. The van der Waals surface area contributed by atoms with Crippen LogP contribution in [0.4, 0.5) is 30.2 Å². The van der Waals surface area contributed by atoms with Gasteiger partial charge in [0.1, 0.15) is 0 Å². The van der Waals surface area contributed by atoms with Crippen molar-refractivity contribution in [2.75, 3.05) is 17.1 Å². The highest BCUT2D eigenvalue weighted by molar-refractivity contribution is 8.00. The van der Waals surface area contributed by atoms with Gasteiger partial charge in [-0.2, -0.15) is 18.4 Å². The molecule has 3 aromatic rings. The van der Waals surface area contributed by atoms with Crippen molar-refractivity contribution < 1.29 is 22.7 Å². The second-order valence-electron chi connectivity index (χ2n) is 6.26. The van der Waals surface area contributed by atoms with E-state index in [4.69, 9.17) is 10.00 Å². The van der Waals surface area contributed by atoms with E-state index >= 15 is 0 Å². The Bertz CT molecular complexity index is 1130. The summed E-state index contributed by atoms with van der Waals surface area (Å²) in [6, 6.07) is 18.4. The lowest BCUT2D eigenvalue weighted by atomic mass is 10.1. The molecular formula is C24H22F3N3O2S. The van der Waals surface area contributed by atoms with E-state index in [1.54, 1.807) is 48.5 Å². The van der Waals surface area contributed by atoms with E-state index in [2.05, 4.69) is 10.0 Å². The van der Waals surface area contributed by atoms with Crippen molar-refractivity contribution in [2.45, 2.75) is 24.9 Å². The third-order valence-corrected chi connectivity index (χ3v) is 5.10. The van der Waals surface area contributed by atoms with E-state index in [1.807, 2.05) is 19.9 Å². The van der Waals surface area contributed by atoms with Crippen LogP contribution >= 0.6 is 11.9 Å². The van der Waals surface area contributed by atoms with Crippen molar-refractivity contribution in [3.05, 3.63) is 83.4 Å². The number of halogens is 3. The van der Waals surface area contributed by atoms with Gasteiger partial charge in [-0.3, -0.25) is 0 Å². The molecule has 0 unspecified atom stereocenters. The van der Waals surface area contributed by atoms with Gasteiger partial charge in [0.2, 0.25) is 0 Å². The lowest BCUT2D eigenvalue weighted by Crippen LogP contribution is -2.07. The van der Waals surface area contributed by atoms with Crippen molar-refractivity contribution in [1.29, 1.82) is 5.26 Å². The van der Waals surface area contributed by atoms with Crippen LogP contribution in [-0.4, -0.2) is 13.1 Å². The number of methoxy groups -OCH3 is 1. The lowest BCUT2D eigenvalue weighted by Gasteiger charge is -2.17. The van der Waals surface area contributed by atoms with Crippen LogP contribution in [-0.2, 0) is 10.9 Å². The smallest absolute Gasteiger partial charge is 0.416 e. The third-order valence-electron chi connectivity index (χ3n) is 4.20. The maximum Gasteiger partial charge on any atom is 0.416 e. The summed E-state index contributed by atoms with van der Waals surface area (Å²) in [5.74, 6) is -0.551. The first-order chi connectivity index (χ1) is 15.8. The van der Waals surface area contributed by atoms with Crippen LogP contribution in [0.3, 0.4) is 0 Å². The molecule has 0 amide bonds. The molecule has 0 bridgehead atoms. The molecule has 0 saturated heterocycles. The van der Waals surface area contributed by atoms with Gasteiger partial charge >= 0.3 is 12.1 Å². The van der Waals surface area contributed by atoms with E-state index in [-0.39, 0.29) is 11.3 Å². The largest absolute Gasteiger partial charge is 0.465 e. The van der Waals surface area contributed by atoms with Crippen LogP contribution in [0, 0.1) is 11.3 Å². The van der Waals surface area contributed by atoms with Crippen LogP contribution < -0.4 is 10.0 Å². The fourth-order valence-electron chi connectivity index (χ4n) is 2.64. The molecule has 0 aliphatic carbocycles. The summed E-state index contributed by atoms with van der Waals surface area (Å²) >= 11 is 0.993. The quantitative estimate of drug-likeness (QED) is 0.290. The van der Waals surface area contributed by atoms with Crippen molar-refractivity contribution in [3.63, 3.8) is 0 Å². The zero-order valence-electron chi connectivity index (χ0n) is 18.2. The minimum absolute atomic E-state index is 0.170. The second kappa shape index (κ2) is 11.8. The number of carbonyl (C=O) groups excluding carboxylic acids is 1. The van der Waals surface area contributed by atoms with E-state index in [0.29, 0.717) is 21.8 Å². The number of nitrogens with zero attached hydrogens (tertiary/aromatic N) is 1. The number of hydrogen-bond donors (Lipinski definition) is 2. The molecule has 0 radical (unpaired) electrons. The molecule has 5 nitrogen and oxygen atoms in total. The predicted molar refractivity (Wildman–Crippen MR) is 124 cm³/mol. The molecule has 0 aliphatic rings. The first-order valence-corrected chi connectivity index (χ1v) is 10.7. The number of alkyl halides is 3. The molecular weight excluding hydrogens is 451 g/mol. The Morgan fingerprint density at radius 3 is 2.27 bits per heavy atom. The Morgan fingerprint density at radius 2 is 1.67 bits per heavy atom. The summed E-state index contributed by atoms with van der Waals surface area (Å²) in [5, 5.41) is 11.9. The Labute approximate surface area is 194 Å². The molecule has 0 aromatic heterocycles. The highest BCUT2D eigenvalue weighted by atomic mass is 32.2. The zero-order chi connectivity index (χ0) is 24.4. The Hall–Kier alpha value is -3.64. The Balaban J connectivity index is 0.00000187. The zero-order valence-corrected chi connectivity index (χ0v) is 19.0. The molecule has 9 heteroatoms. The fourth-order valence-corrected chi connectivity index (χ4v) is 3.44. The van der Waals surface area contributed by atoms with Gasteiger partial charge in [-0.15, -0.1) is 0 Å². The maximum atomic E-state index is 13.2. The summed E-state index contributed by atoms with van der Waals surface area (Å²) in [6.07, 6.45) is -4.52. The van der Waals surface area contributed by atoms with E-state index in [1.165, 1.54) is 13.2 Å². The van der Waals surface area contributed by atoms with Crippen LogP contribution in [0.25, 0.3) is 0 Å². The molecule has 0 heterocycles. The summed E-state index contributed by atoms with van der Waals surface area (Å²) < 4.78 is 47.4. The molecule has 172 valence electrons. The van der Waals surface area contributed by atoms with Gasteiger partial charge in [-0.05, 0) is 66.5 Å². The van der Waals surface area contributed by atoms with Crippen LogP contribution in [0.1, 0.15) is 35.3 Å². The molecule has 0 spiro atoms. The van der Waals surface area contributed by atoms with E-state index in [0.717, 1.165) is 24.1 Å². The summed E-state index contributed by atoms with van der Waals surface area (Å²) in [6.45, 7) is 4.00. The summed E-state index contributed by atoms with van der Waals surface area (Å²) in [4.78, 5) is 12.4. The van der Waals surface area contributed by atoms with Gasteiger partial charge in [0.15, 0.2) is 0 Å². The fraction of sp³-hybridized carbons (Fsp3) is 0.167. The highest BCUT2D eigenvalue weighted by Crippen LogP contribution is 2.37. The van der Waals surface area contributed by atoms with Gasteiger partial charge in [-0.1, -0.05) is 26.0 Å². The normalized spacial score (nSPS) is 10.3. The number of esters is 1. The number of rotatable bonds is 6. The predicted octanol–water partition coefficient (Wildman–Crippen LogP) is 7.25. The van der Waals surface area contributed by atoms with Crippen molar-refractivity contribution in [1.82, 2.24) is 0 Å². The monoisotopic (exact) mass is 473 g/mol. The first-order valence-electron chi connectivity index (χ1n) is 9.90. The van der Waals surface area contributed by atoms with Gasteiger partial charge in [-0.25, -0.2) is 4.79 Å². The van der Waals surface area contributed by atoms with Gasteiger partial charge in [0.25, 0.3) is 0 Å². The summed E-state index contributed by atoms with van der Waals surface area (Å²) in [7, 11) is 1.25. The maximum absolute atomic E-state index is 13.2. The van der Waals surface area contributed by atoms with Gasteiger partial charge in [0.05, 0.1) is 41.2 Å². The van der Waals surface area contributed by atoms with Crippen LogP contribution in [0.5, 0.6) is 0 Å². The lowest BCUT2D eigenvalue weighted by molar-refractivity contribution is -0.137. The summed E-state index contributed by atoms with van der Waals surface area (Å²) in [5.41, 5.74) is 1.09. The van der Waals surface area contributed by atoms with E-state index in [9.17, 15) is 18.0 Å². The van der Waals surface area contributed by atoms with E-state index < -0.39 is 17.7 Å². The molecule has 0 saturated carbocycles. The number of nitriles is 1. The standard InChI is InChI=1S/C22H16F3N3O2S.C2H6/c1-30-21(29)17-4-2-3-5-20(17)31-28-19-12-15(22(23,24)25)8-11-18(19)27-16-9-6-14(13-26)7-10-16;1-2/h2-12,27-28H,1H3;1-2H3. The second-order valence-corrected chi connectivity index (χ2v) is 7.11. The average molecular weight is 474 g/mol. The molecule has 0 aliphatic heterocycles. The van der Waals surface area contributed by atoms with Crippen LogP contribution in [0.2, 0.25) is 0 Å². The Kier molecular flexibility index (Phi) is 9.18. The van der Waals surface area contributed by atoms with Crippen LogP contribution in [0.15, 0.2) is 71.6 Å². The number of nitrogens with one attached hydrogen (secondary N) is 2. The topological polar surface area (TPSA) is 74.2 Å². The van der Waals surface area contributed by atoms with Gasteiger partial charge in [0, 0.05) is 10.6 Å². The molecule has 2 N–H and O–H groups in total. The molecule has 0 atom stereocenters. The van der Waals surface area contributed by atoms with Crippen molar-refractivity contribution in [3.8, 4) is 6.07 Å². The molecule has 3 rings (SSSR count). The highest BCUT2D eigenvalue weighted by Gasteiger charge is 2.31. The number of carbonyl (C=O) groups is 1. The SMILES string of the molecule is CC.COC(=O)c1ccccc1SNc1cc(C(F)(F)F)ccc1Nc1ccc(C#N)cc1.